The third-order valence-corrected chi connectivity index (χ3v) is 3.44. The van der Waals surface area contributed by atoms with Gasteiger partial charge < -0.3 is 9.64 Å². The molecule has 0 bridgehead atoms. The summed E-state index contributed by atoms with van der Waals surface area (Å²) in [7, 11) is 0. The summed E-state index contributed by atoms with van der Waals surface area (Å²) in [6, 6.07) is 3.37. The average molecular weight is 305 g/mol. The van der Waals surface area contributed by atoms with Gasteiger partial charge >= 0.3 is 0 Å². The highest BCUT2D eigenvalue weighted by molar-refractivity contribution is 5.95. The maximum absolute atomic E-state index is 13.7. The number of halogens is 2. The molecule has 2 heterocycles. The molecule has 7 heteroatoms. The van der Waals surface area contributed by atoms with Gasteiger partial charge in [-0.2, -0.15) is 0 Å². The number of rotatable bonds is 3. The molecule has 1 aromatic carbocycles. The quantitative estimate of drug-likeness (QED) is 0.871. The van der Waals surface area contributed by atoms with Crippen LogP contribution in [0.5, 0.6) is 5.88 Å². The van der Waals surface area contributed by atoms with Crippen LogP contribution >= 0.6 is 0 Å². The molecule has 5 nitrogen and oxygen atoms in total. The summed E-state index contributed by atoms with van der Waals surface area (Å²) in [4.78, 5) is 21.5. The van der Waals surface area contributed by atoms with Gasteiger partial charge in [-0.15, -0.1) is 0 Å². The van der Waals surface area contributed by atoms with E-state index in [1.165, 1.54) is 29.6 Å². The third kappa shape index (κ3) is 2.88. The lowest BCUT2D eigenvalue weighted by atomic mass is 10.1. The lowest BCUT2D eigenvalue weighted by molar-refractivity contribution is 0.0761. The van der Waals surface area contributed by atoms with E-state index < -0.39 is 23.1 Å². The normalized spacial score (nSPS) is 17.5. The summed E-state index contributed by atoms with van der Waals surface area (Å²) in [6.07, 6.45) is 4.80. The maximum atomic E-state index is 13.7. The van der Waals surface area contributed by atoms with Crippen LogP contribution < -0.4 is 4.74 Å². The van der Waals surface area contributed by atoms with Crippen molar-refractivity contribution in [3.63, 3.8) is 0 Å². The zero-order valence-corrected chi connectivity index (χ0v) is 11.6. The first-order valence-corrected chi connectivity index (χ1v) is 6.81. The Bertz CT molecular complexity index is 661. The first kappa shape index (κ1) is 14.4. The predicted molar refractivity (Wildman–Crippen MR) is 73.3 cm³/mol. The zero-order valence-electron chi connectivity index (χ0n) is 11.6. The van der Waals surface area contributed by atoms with E-state index in [9.17, 15) is 13.6 Å². The number of amides is 1. The summed E-state index contributed by atoms with van der Waals surface area (Å²) in [5.74, 6) is -2.02. The number of carbonyl (C=O) groups is 1. The number of hydrogen-bond donors (Lipinski definition) is 0. The molecular formula is C15H13F2N3O2. The van der Waals surface area contributed by atoms with Gasteiger partial charge in [0, 0.05) is 25.4 Å². The summed E-state index contributed by atoms with van der Waals surface area (Å²) in [5, 5.41) is 0. The van der Waals surface area contributed by atoms with Crippen LogP contribution in [-0.4, -0.2) is 40.0 Å². The van der Waals surface area contributed by atoms with E-state index in [2.05, 4.69) is 9.97 Å². The van der Waals surface area contributed by atoms with Crippen LogP contribution in [0.2, 0.25) is 0 Å². The number of likely N-dealkylation sites (tertiary alicyclic amines) is 1. The van der Waals surface area contributed by atoms with Gasteiger partial charge in [0.25, 0.3) is 5.91 Å². The number of benzene rings is 1. The Labute approximate surface area is 125 Å². The van der Waals surface area contributed by atoms with Crippen LogP contribution in [-0.2, 0) is 0 Å². The van der Waals surface area contributed by atoms with Gasteiger partial charge in [0.1, 0.15) is 23.3 Å². The van der Waals surface area contributed by atoms with Crippen molar-refractivity contribution in [1.82, 2.24) is 14.9 Å². The smallest absolute Gasteiger partial charge is 0.259 e. The summed E-state index contributed by atoms with van der Waals surface area (Å²) in [5.41, 5.74) is -0.525. The molecule has 0 saturated carbocycles. The van der Waals surface area contributed by atoms with Crippen LogP contribution in [0, 0.1) is 11.6 Å². The van der Waals surface area contributed by atoms with E-state index >= 15 is 0 Å². The van der Waals surface area contributed by atoms with Crippen molar-refractivity contribution in [2.24, 2.45) is 0 Å². The second kappa shape index (κ2) is 6.05. The minimum Gasteiger partial charge on any atom is -0.471 e. The van der Waals surface area contributed by atoms with Crippen molar-refractivity contribution >= 4 is 5.91 Å². The molecular weight excluding hydrogens is 292 g/mol. The van der Waals surface area contributed by atoms with Crippen molar-refractivity contribution in [3.8, 4) is 5.88 Å². The third-order valence-electron chi connectivity index (χ3n) is 3.44. The Morgan fingerprint density at radius 2 is 2.05 bits per heavy atom. The van der Waals surface area contributed by atoms with Crippen LogP contribution in [0.15, 0.2) is 36.8 Å². The summed E-state index contributed by atoms with van der Waals surface area (Å²) < 4.78 is 32.9. The molecule has 0 N–H and O–H groups in total. The fourth-order valence-corrected chi connectivity index (χ4v) is 2.39. The van der Waals surface area contributed by atoms with Gasteiger partial charge in [-0.05, 0) is 12.1 Å². The number of ether oxygens (including phenoxy) is 1. The molecule has 22 heavy (non-hydrogen) atoms. The van der Waals surface area contributed by atoms with E-state index in [-0.39, 0.29) is 12.6 Å². The van der Waals surface area contributed by atoms with Crippen LogP contribution in [0.4, 0.5) is 8.78 Å². The van der Waals surface area contributed by atoms with Gasteiger partial charge in [0.05, 0.1) is 12.7 Å². The minimum atomic E-state index is -0.858. The van der Waals surface area contributed by atoms with E-state index in [0.29, 0.717) is 18.8 Å². The standard InChI is InChI=1S/C15H13F2N3O2/c16-11-2-1-3-12(17)14(11)15(21)20-7-4-10(9-20)22-13-8-18-5-6-19-13/h1-3,5-6,8,10H,4,7,9H2. The topological polar surface area (TPSA) is 55.3 Å². The Hall–Kier alpha value is -2.57. The monoisotopic (exact) mass is 305 g/mol. The fraction of sp³-hybridized carbons (Fsp3) is 0.267. The molecule has 3 rings (SSSR count). The highest BCUT2D eigenvalue weighted by Crippen LogP contribution is 2.20. The molecule has 1 aliphatic rings. The van der Waals surface area contributed by atoms with Crippen molar-refractivity contribution in [2.45, 2.75) is 12.5 Å². The second-order valence-corrected chi connectivity index (χ2v) is 4.92. The van der Waals surface area contributed by atoms with Crippen molar-refractivity contribution < 1.29 is 18.3 Å². The zero-order chi connectivity index (χ0) is 15.5. The SMILES string of the molecule is O=C(c1c(F)cccc1F)N1CCC(Oc2cnccn2)C1. The van der Waals surface area contributed by atoms with Gasteiger partial charge in [-0.3, -0.25) is 9.78 Å². The Kier molecular flexibility index (Phi) is 3.95. The molecule has 1 amide bonds. The van der Waals surface area contributed by atoms with E-state index in [1.807, 2.05) is 0 Å². The molecule has 1 fully saturated rings. The molecule has 2 aromatic rings. The van der Waals surface area contributed by atoms with Gasteiger partial charge in [-0.1, -0.05) is 6.07 Å². The highest BCUT2D eigenvalue weighted by atomic mass is 19.1. The molecule has 0 aliphatic carbocycles. The Morgan fingerprint density at radius 1 is 1.27 bits per heavy atom. The van der Waals surface area contributed by atoms with Crippen molar-refractivity contribution in [1.29, 1.82) is 0 Å². The van der Waals surface area contributed by atoms with Crippen molar-refractivity contribution in [2.75, 3.05) is 13.1 Å². The molecule has 0 spiro atoms. The van der Waals surface area contributed by atoms with Gasteiger partial charge in [0.15, 0.2) is 0 Å². The molecule has 114 valence electrons. The Morgan fingerprint density at radius 3 is 2.73 bits per heavy atom. The van der Waals surface area contributed by atoms with Crippen LogP contribution in [0.25, 0.3) is 0 Å². The number of carbonyl (C=O) groups excluding carboxylic acids is 1. The Balaban J connectivity index is 1.69. The number of aromatic nitrogens is 2. The minimum absolute atomic E-state index is 0.253. The number of hydrogen-bond acceptors (Lipinski definition) is 4. The fourth-order valence-electron chi connectivity index (χ4n) is 2.39. The number of nitrogens with zero attached hydrogens (tertiary/aromatic N) is 3. The van der Waals surface area contributed by atoms with E-state index in [4.69, 9.17) is 4.74 Å². The van der Waals surface area contributed by atoms with E-state index in [0.717, 1.165) is 12.1 Å². The van der Waals surface area contributed by atoms with Crippen LogP contribution in [0.3, 0.4) is 0 Å². The average Bonchev–Trinajstić information content (AvgIpc) is 2.96. The summed E-state index contributed by atoms with van der Waals surface area (Å²) in [6.45, 7) is 0.626. The molecule has 1 saturated heterocycles. The van der Waals surface area contributed by atoms with Gasteiger partial charge in [0.2, 0.25) is 5.88 Å². The predicted octanol–water partition coefficient (Wildman–Crippen LogP) is 2.05. The molecule has 1 aliphatic heterocycles. The lowest BCUT2D eigenvalue weighted by Gasteiger charge is -2.17. The first-order chi connectivity index (χ1) is 10.6. The molecule has 0 radical (unpaired) electrons. The summed E-state index contributed by atoms with van der Waals surface area (Å²) >= 11 is 0. The first-order valence-electron chi connectivity index (χ1n) is 6.81. The molecule has 1 aromatic heterocycles. The second-order valence-electron chi connectivity index (χ2n) is 4.92. The molecule has 1 atom stereocenters. The highest BCUT2D eigenvalue weighted by Gasteiger charge is 2.31. The largest absolute Gasteiger partial charge is 0.471 e. The lowest BCUT2D eigenvalue weighted by Crippen LogP contribution is -2.32. The van der Waals surface area contributed by atoms with Crippen molar-refractivity contribution in [3.05, 3.63) is 54.0 Å². The van der Waals surface area contributed by atoms with E-state index in [1.54, 1.807) is 0 Å². The van der Waals surface area contributed by atoms with Gasteiger partial charge in [-0.25, -0.2) is 13.8 Å². The maximum Gasteiger partial charge on any atom is 0.259 e. The van der Waals surface area contributed by atoms with Crippen LogP contribution in [0.1, 0.15) is 16.8 Å². The molecule has 1 unspecified atom stereocenters.